The SMILES string of the molecule is CCCOc1c2c(c(OC(F)F)c3ccccc13)C(=O)N(c1ccc(CC(=O)O)cc1Cl)C2O. The van der Waals surface area contributed by atoms with Crippen molar-refractivity contribution < 1.29 is 38.1 Å². The molecular weight excluding hydrogens is 472 g/mol. The number of hydrogen-bond acceptors (Lipinski definition) is 5. The van der Waals surface area contributed by atoms with Gasteiger partial charge in [0.1, 0.15) is 11.5 Å². The number of halogens is 3. The fraction of sp³-hybridized carbons (Fsp3) is 0.250. The van der Waals surface area contributed by atoms with Gasteiger partial charge in [0.15, 0.2) is 6.23 Å². The van der Waals surface area contributed by atoms with Crippen LogP contribution in [0.2, 0.25) is 5.02 Å². The van der Waals surface area contributed by atoms with Gasteiger partial charge in [0, 0.05) is 10.8 Å². The summed E-state index contributed by atoms with van der Waals surface area (Å²) in [5, 5.41) is 20.9. The second kappa shape index (κ2) is 9.44. The van der Waals surface area contributed by atoms with E-state index >= 15 is 0 Å². The van der Waals surface area contributed by atoms with Gasteiger partial charge < -0.3 is 19.7 Å². The van der Waals surface area contributed by atoms with Crippen LogP contribution >= 0.6 is 11.6 Å². The molecule has 3 aromatic carbocycles. The molecule has 7 nitrogen and oxygen atoms in total. The molecule has 1 unspecified atom stereocenters. The zero-order valence-electron chi connectivity index (χ0n) is 17.9. The highest BCUT2D eigenvalue weighted by Gasteiger charge is 2.44. The number of fused-ring (bicyclic) bond motifs is 2. The van der Waals surface area contributed by atoms with Crippen molar-refractivity contribution >= 4 is 39.9 Å². The van der Waals surface area contributed by atoms with E-state index in [0.29, 0.717) is 17.4 Å². The summed E-state index contributed by atoms with van der Waals surface area (Å²) in [7, 11) is 0. The maximum absolute atomic E-state index is 13.5. The number of anilines is 1. The third-order valence-corrected chi connectivity index (χ3v) is 5.68. The molecule has 0 saturated carbocycles. The molecule has 0 saturated heterocycles. The number of amides is 1. The molecule has 2 N–H and O–H groups in total. The number of carboxylic acid groups (broad SMARTS) is 1. The summed E-state index contributed by atoms with van der Waals surface area (Å²) in [5.41, 5.74) is 0.221. The van der Waals surface area contributed by atoms with Crippen LogP contribution in [0.25, 0.3) is 10.8 Å². The first-order valence-electron chi connectivity index (χ1n) is 10.4. The Labute approximate surface area is 198 Å². The zero-order chi connectivity index (χ0) is 24.6. The quantitative estimate of drug-likeness (QED) is 0.452. The maximum Gasteiger partial charge on any atom is 0.387 e. The van der Waals surface area contributed by atoms with Crippen molar-refractivity contribution in [2.45, 2.75) is 32.6 Å². The summed E-state index contributed by atoms with van der Waals surface area (Å²) in [6.45, 7) is -1.08. The van der Waals surface area contributed by atoms with Gasteiger partial charge in [0.2, 0.25) is 0 Å². The van der Waals surface area contributed by atoms with Crippen LogP contribution in [0.4, 0.5) is 14.5 Å². The summed E-state index contributed by atoms with van der Waals surface area (Å²) in [4.78, 5) is 25.5. The number of ether oxygens (including phenoxy) is 2. The van der Waals surface area contributed by atoms with Crippen LogP contribution in [0.3, 0.4) is 0 Å². The van der Waals surface area contributed by atoms with E-state index in [1.165, 1.54) is 24.3 Å². The van der Waals surface area contributed by atoms with E-state index in [-0.39, 0.29) is 51.7 Å². The molecule has 1 aliphatic heterocycles. The van der Waals surface area contributed by atoms with E-state index in [9.17, 15) is 23.5 Å². The Kier molecular flexibility index (Phi) is 6.58. The molecule has 34 heavy (non-hydrogen) atoms. The van der Waals surface area contributed by atoms with Crippen molar-refractivity contribution in [3.63, 3.8) is 0 Å². The first kappa shape index (κ1) is 23.7. The Hall–Kier alpha value is -3.43. The highest BCUT2D eigenvalue weighted by atomic mass is 35.5. The van der Waals surface area contributed by atoms with Gasteiger partial charge in [0.25, 0.3) is 5.91 Å². The van der Waals surface area contributed by atoms with Crippen LogP contribution < -0.4 is 14.4 Å². The standard InChI is InChI=1S/C24H20ClF2NO6/c1-2-9-33-20-13-5-3-4-6-14(13)21(34-24(26)27)19-18(20)22(31)28(23(19)32)16-8-7-12(10-15(16)25)11-17(29)30/h3-8,10,22,24,31H,2,9,11H2,1H3,(H,29,30). The van der Waals surface area contributed by atoms with Crippen LogP contribution in [0.5, 0.6) is 11.5 Å². The van der Waals surface area contributed by atoms with Gasteiger partial charge in [0.05, 0.1) is 34.9 Å². The van der Waals surface area contributed by atoms with Gasteiger partial charge in [-0.1, -0.05) is 48.9 Å². The van der Waals surface area contributed by atoms with E-state index in [1.54, 1.807) is 18.2 Å². The zero-order valence-corrected chi connectivity index (χ0v) is 18.7. The number of carboxylic acids is 1. The Bertz CT molecular complexity index is 1280. The molecule has 10 heteroatoms. The molecule has 1 aliphatic rings. The fourth-order valence-corrected chi connectivity index (χ4v) is 4.35. The topological polar surface area (TPSA) is 96.3 Å². The lowest BCUT2D eigenvalue weighted by molar-refractivity contribution is -0.136. The molecule has 1 heterocycles. The van der Waals surface area contributed by atoms with Crippen molar-refractivity contribution in [3.8, 4) is 11.5 Å². The molecule has 0 aromatic heterocycles. The van der Waals surface area contributed by atoms with Gasteiger partial charge in [-0.05, 0) is 24.1 Å². The molecule has 1 atom stereocenters. The second-order valence-corrected chi connectivity index (χ2v) is 8.03. The monoisotopic (exact) mass is 491 g/mol. The van der Waals surface area contributed by atoms with E-state index < -0.39 is 24.7 Å². The summed E-state index contributed by atoms with van der Waals surface area (Å²) in [5.74, 6) is -2.05. The third-order valence-electron chi connectivity index (χ3n) is 5.38. The molecule has 1 amide bonds. The van der Waals surface area contributed by atoms with E-state index in [2.05, 4.69) is 0 Å². The number of aliphatic hydroxyl groups excluding tert-OH is 1. The summed E-state index contributed by atoms with van der Waals surface area (Å²) < 4.78 is 37.4. The van der Waals surface area contributed by atoms with Crippen molar-refractivity contribution in [1.29, 1.82) is 0 Å². The minimum absolute atomic E-state index is 0.00141. The van der Waals surface area contributed by atoms with E-state index in [1.807, 2.05) is 6.92 Å². The number of aliphatic hydroxyl groups is 1. The molecule has 3 aromatic rings. The number of carbonyl (C=O) groups is 2. The maximum atomic E-state index is 13.5. The lowest BCUT2D eigenvalue weighted by atomic mass is 9.98. The lowest BCUT2D eigenvalue weighted by Crippen LogP contribution is -2.28. The van der Waals surface area contributed by atoms with Crippen molar-refractivity contribution in [2.24, 2.45) is 0 Å². The van der Waals surface area contributed by atoms with Crippen LogP contribution in [-0.2, 0) is 11.2 Å². The molecule has 0 radical (unpaired) electrons. The number of rotatable bonds is 8. The number of carbonyl (C=O) groups excluding carboxylic acids is 1. The van der Waals surface area contributed by atoms with Gasteiger partial charge >= 0.3 is 12.6 Å². The van der Waals surface area contributed by atoms with Crippen LogP contribution in [-0.4, -0.2) is 35.3 Å². The number of benzene rings is 3. The Balaban J connectivity index is 1.93. The molecule has 0 fully saturated rings. The largest absolute Gasteiger partial charge is 0.492 e. The molecule has 178 valence electrons. The lowest BCUT2D eigenvalue weighted by Gasteiger charge is -2.23. The van der Waals surface area contributed by atoms with Crippen molar-refractivity contribution in [3.05, 3.63) is 64.2 Å². The predicted molar refractivity (Wildman–Crippen MR) is 121 cm³/mol. The molecule has 0 bridgehead atoms. The number of nitrogens with zero attached hydrogens (tertiary/aromatic N) is 1. The van der Waals surface area contributed by atoms with Crippen molar-refractivity contribution in [1.82, 2.24) is 0 Å². The van der Waals surface area contributed by atoms with Crippen LogP contribution in [0.1, 0.15) is 41.1 Å². The minimum Gasteiger partial charge on any atom is -0.492 e. The Morgan fingerprint density at radius 1 is 1.18 bits per heavy atom. The van der Waals surface area contributed by atoms with E-state index in [4.69, 9.17) is 26.2 Å². The third kappa shape index (κ3) is 4.12. The summed E-state index contributed by atoms with van der Waals surface area (Å²) in [6.07, 6.45) is -1.27. The van der Waals surface area contributed by atoms with Gasteiger partial charge in [-0.3, -0.25) is 14.5 Å². The number of hydrogen-bond donors (Lipinski definition) is 2. The first-order valence-corrected chi connectivity index (χ1v) is 10.8. The minimum atomic E-state index is -3.22. The first-order chi connectivity index (χ1) is 16.2. The normalized spacial score (nSPS) is 15.2. The molecule has 0 aliphatic carbocycles. The van der Waals surface area contributed by atoms with Crippen LogP contribution in [0, 0.1) is 0 Å². The predicted octanol–water partition coefficient (Wildman–Crippen LogP) is 5.16. The second-order valence-electron chi connectivity index (χ2n) is 7.62. The van der Waals surface area contributed by atoms with Crippen LogP contribution in [0.15, 0.2) is 42.5 Å². The van der Waals surface area contributed by atoms with Gasteiger partial charge in [-0.2, -0.15) is 8.78 Å². The fourth-order valence-electron chi connectivity index (χ4n) is 4.06. The van der Waals surface area contributed by atoms with Gasteiger partial charge in [-0.15, -0.1) is 0 Å². The molecule has 0 spiro atoms. The smallest absolute Gasteiger partial charge is 0.387 e. The van der Waals surface area contributed by atoms with E-state index in [0.717, 1.165) is 4.90 Å². The average Bonchev–Trinajstić information content (AvgIpc) is 3.03. The highest BCUT2D eigenvalue weighted by molar-refractivity contribution is 6.34. The average molecular weight is 492 g/mol. The number of alkyl halides is 2. The summed E-state index contributed by atoms with van der Waals surface area (Å²) in [6, 6.07) is 10.7. The Morgan fingerprint density at radius 3 is 2.44 bits per heavy atom. The molecule has 4 rings (SSSR count). The molecular formula is C24H20ClF2NO6. The van der Waals surface area contributed by atoms with Gasteiger partial charge in [-0.25, -0.2) is 0 Å². The Morgan fingerprint density at radius 2 is 1.85 bits per heavy atom. The summed E-state index contributed by atoms with van der Waals surface area (Å²) >= 11 is 6.34. The van der Waals surface area contributed by atoms with Crippen molar-refractivity contribution in [2.75, 3.05) is 11.5 Å². The number of aliphatic carboxylic acids is 1. The highest BCUT2D eigenvalue weighted by Crippen LogP contribution is 2.51.